The molecule has 1 aliphatic rings. The minimum Gasteiger partial charge on any atom is -0.377 e. The fourth-order valence-corrected chi connectivity index (χ4v) is 3.43. The fraction of sp³-hybridized carbons (Fsp3) is 0.571. The Kier molecular flexibility index (Phi) is 4.96. The number of hydrogen-bond acceptors (Lipinski definition) is 3. The van der Waals surface area contributed by atoms with Crippen molar-refractivity contribution >= 4 is 10.1 Å². The molecule has 0 unspecified atom stereocenters. The SMILES string of the molecule is O=S(=O)(O)C[C@H]1C[C@H](CCOCc2ccccc2)C1. The number of ether oxygens (including phenoxy) is 1. The van der Waals surface area contributed by atoms with Gasteiger partial charge in [0.1, 0.15) is 0 Å². The Balaban J connectivity index is 1.54. The van der Waals surface area contributed by atoms with E-state index in [-0.39, 0.29) is 11.7 Å². The fourth-order valence-electron chi connectivity index (χ4n) is 2.56. The lowest BCUT2D eigenvalue weighted by Gasteiger charge is -2.34. The van der Waals surface area contributed by atoms with Crippen molar-refractivity contribution in [2.45, 2.75) is 25.9 Å². The van der Waals surface area contributed by atoms with Crippen LogP contribution in [0.15, 0.2) is 30.3 Å². The molecule has 0 saturated heterocycles. The Morgan fingerprint density at radius 1 is 1.16 bits per heavy atom. The Hall–Kier alpha value is -0.910. The van der Waals surface area contributed by atoms with Gasteiger partial charge in [-0.1, -0.05) is 30.3 Å². The van der Waals surface area contributed by atoms with Gasteiger partial charge < -0.3 is 4.74 Å². The standard InChI is InChI=1S/C14H20O4S/c15-19(16,17)11-14-8-13(9-14)6-7-18-10-12-4-2-1-3-5-12/h1-5,13-14H,6-11H2,(H,15,16,17)/t13-,14-. The molecule has 1 N–H and O–H groups in total. The minimum absolute atomic E-state index is 0.0889. The van der Waals surface area contributed by atoms with Crippen LogP contribution in [0.5, 0.6) is 0 Å². The second kappa shape index (κ2) is 6.50. The zero-order chi connectivity index (χ0) is 13.7. The van der Waals surface area contributed by atoms with Crippen molar-refractivity contribution in [3.8, 4) is 0 Å². The highest BCUT2D eigenvalue weighted by molar-refractivity contribution is 7.85. The Morgan fingerprint density at radius 2 is 1.84 bits per heavy atom. The van der Waals surface area contributed by atoms with Crippen LogP contribution in [0.4, 0.5) is 0 Å². The number of rotatable bonds is 7. The third-order valence-corrected chi connectivity index (χ3v) is 4.45. The van der Waals surface area contributed by atoms with E-state index in [1.165, 1.54) is 5.56 Å². The van der Waals surface area contributed by atoms with Crippen molar-refractivity contribution in [1.29, 1.82) is 0 Å². The number of benzene rings is 1. The van der Waals surface area contributed by atoms with Crippen LogP contribution in [0, 0.1) is 11.8 Å². The van der Waals surface area contributed by atoms with Gasteiger partial charge in [-0.2, -0.15) is 8.42 Å². The smallest absolute Gasteiger partial charge is 0.265 e. The van der Waals surface area contributed by atoms with E-state index >= 15 is 0 Å². The Labute approximate surface area is 114 Å². The summed E-state index contributed by atoms with van der Waals surface area (Å²) in [4.78, 5) is 0. The van der Waals surface area contributed by atoms with Gasteiger partial charge in [-0.25, -0.2) is 0 Å². The first kappa shape index (κ1) is 14.5. The highest BCUT2D eigenvalue weighted by Crippen LogP contribution is 2.36. The van der Waals surface area contributed by atoms with Crippen LogP contribution in [0.2, 0.25) is 0 Å². The largest absolute Gasteiger partial charge is 0.377 e. The molecular weight excluding hydrogens is 264 g/mol. The lowest BCUT2D eigenvalue weighted by Crippen LogP contribution is -2.30. The minimum atomic E-state index is -3.80. The molecule has 0 heterocycles. The number of hydrogen-bond donors (Lipinski definition) is 1. The maximum absolute atomic E-state index is 10.7. The summed E-state index contributed by atoms with van der Waals surface area (Å²) >= 11 is 0. The molecule has 2 rings (SSSR count). The molecule has 0 spiro atoms. The maximum atomic E-state index is 10.7. The first-order valence-corrected chi connectivity index (χ1v) is 8.20. The predicted octanol–water partition coefficient (Wildman–Crippen LogP) is 2.51. The van der Waals surface area contributed by atoms with Gasteiger partial charge in [0.15, 0.2) is 0 Å². The quantitative estimate of drug-likeness (QED) is 0.617. The van der Waals surface area contributed by atoms with Gasteiger partial charge >= 0.3 is 0 Å². The maximum Gasteiger partial charge on any atom is 0.265 e. The molecule has 0 aliphatic heterocycles. The molecule has 1 aromatic rings. The van der Waals surface area contributed by atoms with Crippen molar-refractivity contribution in [2.75, 3.05) is 12.4 Å². The molecule has 106 valence electrons. The van der Waals surface area contributed by atoms with Gasteiger partial charge in [-0.3, -0.25) is 4.55 Å². The van der Waals surface area contributed by atoms with E-state index in [0.29, 0.717) is 19.1 Å². The lowest BCUT2D eigenvalue weighted by molar-refractivity contribution is 0.0823. The summed E-state index contributed by atoms with van der Waals surface area (Å²) in [5, 5.41) is 0. The topological polar surface area (TPSA) is 63.6 Å². The molecule has 5 heteroatoms. The predicted molar refractivity (Wildman–Crippen MR) is 73.3 cm³/mol. The zero-order valence-electron chi connectivity index (χ0n) is 10.9. The average molecular weight is 284 g/mol. The van der Waals surface area contributed by atoms with Gasteiger partial charge in [-0.15, -0.1) is 0 Å². The molecule has 0 atom stereocenters. The highest BCUT2D eigenvalue weighted by atomic mass is 32.2. The van der Waals surface area contributed by atoms with E-state index < -0.39 is 10.1 Å². The normalized spacial score (nSPS) is 23.0. The first-order valence-electron chi connectivity index (χ1n) is 6.60. The van der Waals surface area contributed by atoms with E-state index in [4.69, 9.17) is 9.29 Å². The van der Waals surface area contributed by atoms with Crippen molar-refractivity contribution in [1.82, 2.24) is 0 Å². The third-order valence-electron chi connectivity index (χ3n) is 3.56. The van der Waals surface area contributed by atoms with Crippen LogP contribution < -0.4 is 0 Å². The molecule has 1 aromatic carbocycles. The molecule has 0 aromatic heterocycles. The molecule has 1 saturated carbocycles. The molecule has 0 bridgehead atoms. The van der Waals surface area contributed by atoms with E-state index in [9.17, 15) is 8.42 Å². The Bertz CT molecular complexity index is 477. The van der Waals surface area contributed by atoms with Gasteiger partial charge in [-0.05, 0) is 36.7 Å². The first-order chi connectivity index (χ1) is 9.03. The second-order valence-corrected chi connectivity index (χ2v) is 6.78. The molecule has 0 radical (unpaired) electrons. The molecule has 19 heavy (non-hydrogen) atoms. The average Bonchev–Trinajstić information content (AvgIpc) is 2.30. The summed E-state index contributed by atoms with van der Waals surface area (Å²) in [6.07, 6.45) is 2.73. The Morgan fingerprint density at radius 3 is 2.47 bits per heavy atom. The van der Waals surface area contributed by atoms with Gasteiger partial charge in [0.05, 0.1) is 12.4 Å². The third kappa shape index (κ3) is 5.30. The molecular formula is C14H20O4S. The molecule has 0 amide bonds. The van der Waals surface area contributed by atoms with Crippen LogP contribution >= 0.6 is 0 Å². The summed E-state index contributed by atoms with van der Waals surface area (Å²) in [5.41, 5.74) is 1.17. The monoisotopic (exact) mass is 284 g/mol. The van der Waals surface area contributed by atoms with Crippen molar-refractivity contribution in [2.24, 2.45) is 11.8 Å². The molecule has 1 aliphatic carbocycles. The van der Waals surface area contributed by atoms with Gasteiger partial charge in [0.2, 0.25) is 0 Å². The van der Waals surface area contributed by atoms with Gasteiger partial charge in [0.25, 0.3) is 10.1 Å². The lowest BCUT2D eigenvalue weighted by atomic mass is 9.74. The van der Waals surface area contributed by atoms with Crippen LogP contribution in [-0.4, -0.2) is 25.3 Å². The van der Waals surface area contributed by atoms with Crippen LogP contribution in [0.1, 0.15) is 24.8 Å². The van der Waals surface area contributed by atoms with Crippen molar-refractivity contribution in [3.63, 3.8) is 0 Å². The van der Waals surface area contributed by atoms with E-state index in [1.54, 1.807) is 0 Å². The summed E-state index contributed by atoms with van der Waals surface area (Å²) in [6, 6.07) is 10.0. The van der Waals surface area contributed by atoms with Crippen LogP contribution in [0.3, 0.4) is 0 Å². The van der Waals surface area contributed by atoms with Gasteiger partial charge in [0, 0.05) is 6.61 Å². The van der Waals surface area contributed by atoms with Crippen LogP contribution in [0.25, 0.3) is 0 Å². The zero-order valence-corrected chi connectivity index (χ0v) is 11.7. The van der Waals surface area contributed by atoms with E-state index in [2.05, 4.69) is 0 Å². The second-order valence-electron chi connectivity index (χ2n) is 5.28. The summed E-state index contributed by atoms with van der Waals surface area (Å²) < 4.78 is 35.7. The van der Waals surface area contributed by atoms with Crippen molar-refractivity contribution < 1.29 is 17.7 Å². The van der Waals surface area contributed by atoms with Crippen LogP contribution in [-0.2, 0) is 21.5 Å². The summed E-state index contributed by atoms with van der Waals surface area (Å²) in [5.74, 6) is 0.589. The van der Waals surface area contributed by atoms with E-state index in [0.717, 1.165) is 19.3 Å². The van der Waals surface area contributed by atoms with E-state index in [1.807, 2.05) is 30.3 Å². The molecule has 4 nitrogen and oxygen atoms in total. The highest BCUT2D eigenvalue weighted by Gasteiger charge is 2.31. The molecule has 1 fully saturated rings. The summed E-state index contributed by atoms with van der Waals surface area (Å²) in [7, 11) is -3.80. The summed E-state index contributed by atoms with van der Waals surface area (Å²) in [6.45, 7) is 1.33. The van der Waals surface area contributed by atoms with Crippen molar-refractivity contribution in [3.05, 3.63) is 35.9 Å².